The second kappa shape index (κ2) is 8.13. The maximum absolute atomic E-state index is 13.6. The van der Waals surface area contributed by atoms with E-state index in [9.17, 15) is 9.59 Å². The van der Waals surface area contributed by atoms with E-state index in [1.165, 1.54) is 0 Å². The maximum Gasteiger partial charge on any atom is 0.295 e. The predicted molar refractivity (Wildman–Crippen MR) is 127 cm³/mol. The number of halogens is 1. The van der Waals surface area contributed by atoms with Gasteiger partial charge in [-0.1, -0.05) is 52.9 Å². The van der Waals surface area contributed by atoms with Crippen LogP contribution in [0, 0.1) is 0 Å². The fourth-order valence-corrected chi connectivity index (χ4v) is 4.30. The predicted octanol–water partition coefficient (Wildman–Crippen LogP) is 5.87. The van der Waals surface area contributed by atoms with Crippen LogP contribution in [0.5, 0.6) is 5.75 Å². The average molecular weight is 488 g/mol. The molecule has 1 amide bonds. The number of fused-ring (bicyclic) bond motifs is 2. The molecule has 6 heteroatoms. The number of benzene rings is 3. The molecule has 0 aliphatic carbocycles. The van der Waals surface area contributed by atoms with Crippen molar-refractivity contribution in [3.63, 3.8) is 0 Å². The highest BCUT2D eigenvalue weighted by molar-refractivity contribution is 9.10. The lowest BCUT2D eigenvalue weighted by Crippen LogP contribution is -2.29. The zero-order valence-corrected chi connectivity index (χ0v) is 18.5. The second-order valence-corrected chi connectivity index (χ2v) is 8.31. The van der Waals surface area contributed by atoms with E-state index < -0.39 is 6.04 Å². The van der Waals surface area contributed by atoms with Crippen molar-refractivity contribution in [2.45, 2.75) is 6.04 Å². The number of rotatable bonds is 5. The zero-order chi connectivity index (χ0) is 22.2. The number of anilines is 1. The van der Waals surface area contributed by atoms with Crippen molar-refractivity contribution in [3.8, 4) is 5.75 Å². The Morgan fingerprint density at radius 2 is 1.81 bits per heavy atom. The molecular weight excluding hydrogens is 470 g/mol. The van der Waals surface area contributed by atoms with Crippen molar-refractivity contribution in [1.82, 2.24) is 0 Å². The molecule has 0 saturated heterocycles. The molecule has 0 radical (unpaired) electrons. The van der Waals surface area contributed by atoms with Crippen LogP contribution in [0.15, 0.2) is 99.1 Å². The van der Waals surface area contributed by atoms with Gasteiger partial charge in [-0.25, -0.2) is 0 Å². The van der Waals surface area contributed by atoms with Gasteiger partial charge < -0.3 is 9.15 Å². The van der Waals surface area contributed by atoms with Crippen molar-refractivity contribution >= 4 is 38.5 Å². The fourth-order valence-electron chi connectivity index (χ4n) is 4.03. The highest BCUT2D eigenvalue weighted by Gasteiger charge is 2.43. The molecule has 5 nitrogen and oxygen atoms in total. The first-order valence-corrected chi connectivity index (χ1v) is 10.9. The Morgan fingerprint density at radius 3 is 2.59 bits per heavy atom. The summed E-state index contributed by atoms with van der Waals surface area (Å²) >= 11 is 3.44. The van der Waals surface area contributed by atoms with Gasteiger partial charge in [-0.2, -0.15) is 0 Å². The minimum Gasteiger partial charge on any atom is -0.490 e. The second-order valence-electron chi connectivity index (χ2n) is 7.40. The van der Waals surface area contributed by atoms with Crippen LogP contribution in [0.2, 0.25) is 0 Å². The summed E-state index contributed by atoms with van der Waals surface area (Å²) in [5, 5.41) is 0.445. The summed E-state index contributed by atoms with van der Waals surface area (Å²) in [6.07, 6.45) is 1.66. The van der Waals surface area contributed by atoms with Crippen molar-refractivity contribution in [3.05, 3.63) is 117 Å². The summed E-state index contributed by atoms with van der Waals surface area (Å²) in [5.74, 6) is 0.343. The number of amides is 1. The van der Waals surface area contributed by atoms with Crippen molar-refractivity contribution < 1.29 is 13.9 Å². The standard InChI is InChI=1S/C26H18BrNO4/c1-2-14-31-19-7-5-6-16(15-19)23-22-24(29)20-8-3-4-9-21(20)32-25(22)26(30)28(23)18-12-10-17(27)11-13-18/h2-13,15,23H,1,14H2. The summed E-state index contributed by atoms with van der Waals surface area (Å²) in [6, 6.07) is 21.1. The first-order valence-electron chi connectivity index (χ1n) is 10.1. The Kier molecular flexibility index (Phi) is 5.15. The van der Waals surface area contributed by atoms with Crippen LogP contribution in [-0.2, 0) is 0 Å². The number of hydrogen-bond acceptors (Lipinski definition) is 4. The molecule has 0 spiro atoms. The number of carbonyl (C=O) groups excluding carboxylic acids is 1. The molecule has 1 aliphatic rings. The molecule has 0 N–H and O–H groups in total. The van der Waals surface area contributed by atoms with E-state index in [0.29, 0.717) is 34.6 Å². The molecule has 1 atom stereocenters. The minimum absolute atomic E-state index is 0.0685. The van der Waals surface area contributed by atoms with E-state index in [2.05, 4.69) is 22.5 Å². The summed E-state index contributed by atoms with van der Waals surface area (Å²) in [4.78, 5) is 28.7. The number of nitrogens with zero attached hydrogens (tertiary/aromatic N) is 1. The van der Waals surface area contributed by atoms with E-state index >= 15 is 0 Å². The highest BCUT2D eigenvalue weighted by atomic mass is 79.9. The summed E-state index contributed by atoms with van der Waals surface area (Å²) in [6.45, 7) is 4.03. The summed E-state index contributed by atoms with van der Waals surface area (Å²) in [7, 11) is 0. The molecule has 32 heavy (non-hydrogen) atoms. The Bertz CT molecular complexity index is 1410. The molecule has 4 aromatic rings. The topological polar surface area (TPSA) is 59.8 Å². The SMILES string of the molecule is C=CCOc1cccc(C2c3c(oc4ccccc4c3=O)C(=O)N2c2ccc(Br)cc2)c1. The lowest BCUT2D eigenvalue weighted by molar-refractivity contribution is 0.0971. The Labute approximate surface area is 192 Å². The van der Waals surface area contributed by atoms with Gasteiger partial charge in [0.05, 0.1) is 17.0 Å². The lowest BCUT2D eigenvalue weighted by atomic mass is 9.98. The third-order valence-electron chi connectivity index (χ3n) is 5.42. The van der Waals surface area contributed by atoms with E-state index in [4.69, 9.17) is 9.15 Å². The maximum atomic E-state index is 13.6. The summed E-state index contributed by atoms with van der Waals surface area (Å²) < 4.78 is 12.6. The third-order valence-corrected chi connectivity index (χ3v) is 5.95. The molecule has 1 aliphatic heterocycles. The molecule has 0 fully saturated rings. The Hall–Kier alpha value is -3.64. The molecule has 3 aromatic carbocycles. The van der Waals surface area contributed by atoms with Gasteiger partial charge in [0.1, 0.15) is 17.9 Å². The fraction of sp³-hybridized carbons (Fsp3) is 0.0769. The quantitative estimate of drug-likeness (QED) is 0.330. The van der Waals surface area contributed by atoms with Crippen LogP contribution in [-0.4, -0.2) is 12.5 Å². The molecular formula is C26H18BrNO4. The van der Waals surface area contributed by atoms with Crippen LogP contribution in [0.25, 0.3) is 11.0 Å². The number of carbonyl (C=O) groups is 1. The smallest absolute Gasteiger partial charge is 0.295 e. The van der Waals surface area contributed by atoms with Crippen LogP contribution in [0.4, 0.5) is 5.69 Å². The monoisotopic (exact) mass is 487 g/mol. The van der Waals surface area contributed by atoms with E-state index in [1.807, 2.05) is 48.5 Å². The van der Waals surface area contributed by atoms with Gasteiger partial charge in [-0.3, -0.25) is 14.5 Å². The van der Waals surface area contributed by atoms with Gasteiger partial charge in [-0.05, 0) is 54.1 Å². The van der Waals surface area contributed by atoms with E-state index in [-0.39, 0.29) is 17.1 Å². The number of ether oxygens (including phenoxy) is 1. The van der Waals surface area contributed by atoms with Crippen LogP contribution in [0.3, 0.4) is 0 Å². The molecule has 2 heterocycles. The number of hydrogen-bond donors (Lipinski definition) is 0. The van der Waals surface area contributed by atoms with Gasteiger partial charge in [0, 0.05) is 10.2 Å². The van der Waals surface area contributed by atoms with Gasteiger partial charge in [0.25, 0.3) is 5.91 Å². The molecule has 1 unspecified atom stereocenters. The normalized spacial score (nSPS) is 15.1. The first kappa shape index (κ1) is 20.3. The first-order chi connectivity index (χ1) is 15.6. The van der Waals surface area contributed by atoms with Crippen molar-refractivity contribution in [1.29, 1.82) is 0 Å². The molecule has 158 valence electrons. The molecule has 0 bridgehead atoms. The average Bonchev–Trinajstić information content (AvgIpc) is 3.11. The van der Waals surface area contributed by atoms with E-state index in [0.717, 1.165) is 10.0 Å². The largest absolute Gasteiger partial charge is 0.490 e. The van der Waals surface area contributed by atoms with Gasteiger partial charge >= 0.3 is 0 Å². The van der Waals surface area contributed by atoms with Gasteiger partial charge in [0.2, 0.25) is 5.76 Å². The van der Waals surface area contributed by atoms with Crippen molar-refractivity contribution in [2.24, 2.45) is 0 Å². The Balaban J connectivity index is 1.75. The zero-order valence-electron chi connectivity index (χ0n) is 17.0. The highest BCUT2D eigenvalue weighted by Crippen LogP contribution is 2.42. The minimum atomic E-state index is -0.646. The van der Waals surface area contributed by atoms with Gasteiger partial charge in [-0.15, -0.1) is 0 Å². The molecule has 0 saturated carbocycles. The number of para-hydroxylation sites is 1. The van der Waals surface area contributed by atoms with E-state index in [1.54, 1.807) is 35.2 Å². The van der Waals surface area contributed by atoms with Crippen molar-refractivity contribution in [2.75, 3.05) is 11.5 Å². The van der Waals surface area contributed by atoms with Crippen LogP contribution in [0.1, 0.15) is 27.7 Å². The van der Waals surface area contributed by atoms with Crippen LogP contribution < -0.4 is 15.1 Å². The Morgan fingerprint density at radius 1 is 1.03 bits per heavy atom. The third kappa shape index (κ3) is 3.33. The van der Waals surface area contributed by atoms with Gasteiger partial charge in [0.15, 0.2) is 5.43 Å². The lowest BCUT2D eigenvalue weighted by Gasteiger charge is -2.25. The van der Waals surface area contributed by atoms with Crippen LogP contribution >= 0.6 is 15.9 Å². The summed E-state index contributed by atoms with van der Waals surface area (Å²) in [5.41, 5.74) is 1.93. The molecule has 1 aromatic heterocycles. The molecule has 5 rings (SSSR count).